The van der Waals surface area contributed by atoms with E-state index in [-0.39, 0.29) is 5.92 Å². The van der Waals surface area contributed by atoms with Crippen molar-refractivity contribution in [2.24, 2.45) is 0 Å². The highest BCUT2D eigenvalue weighted by atomic mass is 32.1. The maximum Gasteiger partial charge on any atom is 0.143 e. The molecule has 0 amide bonds. The first-order valence-corrected chi connectivity index (χ1v) is 22.5. The van der Waals surface area contributed by atoms with E-state index in [4.69, 9.17) is 4.42 Å². The molecule has 10 aromatic carbocycles. The Bertz CT molecular complexity index is 3550. The van der Waals surface area contributed by atoms with Crippen LogP contribution in [0.3, 0.4) is 0 Å². The van der Waals surface area contributed by atoms with Gasteiger partial charge in [0.15, 0.2) is 0 Å². The third-order valence-corrected chi connectivity index (χ3v) is 13.8. The van der Waals surface area contributed by atoms with Crippen molar-refractivity contribution in [1.82, 2.24) is 0 Å². The third kappa shape index (κ3) is 6.66. The van der Waals surface area contributed by atoms with E-state index < -0.39 is 0 Å². The van der Waals surface area contributed by atoms with Gasteiger partial charge in [-0.25, -0.2) is 0 Å². The lowest BCUT2D eigenvalue weighted by molar-refractivity contribution is 0.670. The van der Waals surface area contributed by atoms with Crippen LogP contribution in [0, 0.1) is 0 Å². The van der Waals surface area contributed by atoms with Crippen molar-refractivity contribution in [3.8, 4) is 22.3 Å². The molecule has 1 atom stereocenters. The summed E-state index contributed by atoms with van der Waals surface area (Å²) in [5.41, 5.74) is 13.7. The fourth-order valence-electron chi connectivity index (χ4n) is 9.65. The highest BCUT2D eigenvalue weighted by Crippen LogP contribution is 2.46. The number of thiophene rings is 1. The van der Waals surface area contributed by atoms with Gasteiger partial charge in [0, 0.05) is 48.4 Å². The van der Waals surface area contributed by atoms with Crippen LogP contribution in [-0.4, -0.2) is 0 Å². The average Bonchev–Trinajstić information content (AvgIpc) is 3.93. The molecule has 0 saturated carbocycles. The maximum absolute atomic E-state index is 6.91. The fourth-order valence-corrected chi connectivity index (χ4v) is 10.7. The first-order valence-electron chi connectivity index (χ1n) is 21.7. The number of furan rings is 1. The molecule has 1 unspecified atom stereocenters. The summed E-state index contributed by atoms with van der Waals surface area (Å²) in [7, 11) is 0. The van der Waals surface area contributed by atoms with Gasteiger partial charge in [0.25, 0.3) is 0 Å². The molecule has 0 aliphatic heterocycles. The zero-order valence-electron chi connectivity index (χ0n) is 34.5. The van der Waals surface area contributed by atoms with Gasteiger partial charge in [-0.3, -0.25) is 0 Å². The largest absolute Gasteiger partial charge is 0.455 e. The Morgan fingerprint density at radius 2 is 1.06 bits per heavy atom. The lowest BCUT2D eigenvalue weighted by atomic mass is 9.84. The van der Waals surface area contributed by atoms with E-state index >= 15 is 0 Å². The second-order valence-electron chi connectivity index (χ2n) is 16.4. The van der Waals surface area contributed by atoms with Gasteiger partial charge in [-0.05, 0) is 105 Å². The number of hydrogen-bond donors (Lipinski definition) is 0. The zero-order chi connectivity index (χ0) is 41.7. The van der Waals surface area contributed by atoms with E-state index in [1.165, 1.54) is 64.3 Å². The second kappa shape index (κ2) is 15.6. The lowest BCUT2D eigenvalue weighted by Gasteiger charge is -2.26. The molecule has 0 radical (unpaired) electrons. The molecule has 0 spiro atoms. The van der Waals surface area contributed by atoms with Crippen LogP contribution in [0.25, 0.3) is 75.1 Å². The molecular weight excluding hydrogens is 783 g/mol. The summed E-state index contributed by atoms with van der Waals surface area (Å²) in [6.45, 7) is 0. The van der Waals surface area contributed by atoms with E-state index in [9.17, 15) is 0 Å². The molecule has 0 N–H and O–H groups in total. The third-order valence-electron chi connectivity index (χ3n) is 12.7. The number of fused-ring (bicyclic) bond motifs is 7. The van der Waals surface area contributed by atoms with E-state index in [0.717, 1.165) is 51.0 Å². The van der Waals surface area contributed by atoms with Gasteiger partial charge in [-0.15, -0.1) is 11.3 Å². The molecule has 12 rings (SSSR count). The Morgan fingerprint density at radius 1 is 0.429 bits per heavy atom. The Balaban J connectivity index is 0.930. The van der Waals surface area contributed by atoms with Gasteiger partial charge >= 0.3 is 0 Å². The zero-order valence-corrected chi connectivity index (χ0v) is 35.3. The molecule has 63 heavy (non-hydrogen) atoms. The molecule has 2 aromatic heterocycles. The summed E-state index contributed by atoms with van der Waals surface area (Å²) in [6.07, 6.45) is 0.869. The molecule has 0 fully saturated rings. The second-order valence-corrected chi connectivity index (χ2v) is 17.5. The minimum absolute atomic E-state index is 0.183. The Kier molecular flexibility index (Phi) is 9.20. The molecule has 0 aliphatic carbocycles. The van der Waals surface area contributed by atoms with Crippen LogP contribution in [-0.2, 0) is 6.42 Å². The van der Waals surface area contributed by atoms with Crippen molar-refractivity contribution in [3.63, 3.8) is 0 Å². The quantitative estimate of drug-likeness (QED) is 0.144. The van der Waals surface area contributed by atoms with Crippen molar-refractivity contribution in [3.05, 3.63) is 247 Å². The van der Waals surface area contributed by atoms with Gasteiger partial charge in [0.05, 0.1) is 11.1 Å². The monoisotopic (exact) mass is 823 g/mol. The van der Waals surface area contributed by atoms with E-state index in [2.05, 4.69) is 235 Å². The minimum atomic E-state index is 0.183. The van der Waals surface area contributed by atoms with Gasteiger partial charge in [0.1, 0.15) is 11.2 Å². The maximum atomic E-state index is 6.91. The van der Waals surface area contributed by atoms with E-state index in [1.54, 1.807) is 0 Å². The van der Waals surface area contributed by atoms with E-state index in [0.29, 0.717) is 0 Å². The first kappa shape index (κ1) is 37.1. The Labute approximate surface area is 370 Å². The van der Waals surface area contributed by atoms with Crippen molar-refractivity contribution in [1.29, 1.82) is 0 Å². The standard InChI is InChI=1S/C60H41NOS/c1-4-15-42(16-5-1)52(44-33-31-41(32-34-44)45-35-36-58-54(39-45)49-22-10-11-28-57(49)63-58)37-40-29-30-43-17-12-23-48(53(43)38-40)50-24-13-25-51-59-55(26-14-27-56(59)62-60(50)51)61(46-18-6-2-7-19-46)47-20-8-3-9-21-47/h1-36,38-39,52H,37H2. The molecule has 2 heterocycles. The van der Waals surface area contributed by atoms with Crippen LogP contribution in [0.15, 0.2) is 235 Å². The lowest BCUT2D eigenvalue weighted by Crippen LogP contribution is -2.09. The van der Waals surface area contributed by atoms with Crippen molar-refractivity contribution in [2.75, 3.05) is 4.90 Å². The molecule has 0 saturated heterocycles. The Morgan fingerprint density at radius 3 is 1.86 bits per heavy atom. The predicted octanol–water partition coefficient (Wildman–Crippen LogP) is 17.3. The summed E-state index contributed by atoms with van der Waals surface area (Å²) >= 11 is 1.87. The topological polar surface area (TPSA) is 16.4 Å². The van der Waals surface area contributed by atoms with Gasteiger partial charge in [-0.2, -0.15) is 0 Å². The fraction of sp³-hybridized carbons (Fsp3) is 0.0333. The smallest absolute Gasteiger partial charge is 0.143 e. The molecule has 2 nitrogen and oxygen atoms in total. The average molecular weight is 824 g/mol. The van der Waals surface area contributed by atoms with Crippen LogP contribution in [0.4, 0.5) is 17.1 Å². The van der Waals surface area contributed by atoms with Crippen LogP contribution in [0.5, 0.6) is 0 Å². The number of nitrogens with zero attached hydrogens (tertiary/aromatic N) is 1. The summed E-state index contributed by atoms with van der Waals surface area (Å²) < 4.78 is 9.58. The number of benzene rings is 10. The molecule has 3 heteroatoms. The highest BCUT2D eigenvalue weighted by Gasteiger charge is 2.22. The number of para-hydroxylation sites is 3. The van der Waals surface area contributed by atoms with Crippen molar-refractivity contribution < 1.29 is 4.42 Å². The van der Waals surface area contributed by atoms with Crippen LogP contribution in [0.1, 0.15) is 22.6 Å². The van der Waals surface area contributed by atoms with Gasteiger partial charge in [0.2, 0.25) is 0 Å². The van der Waals surface area contributed by atoms with Gasteiger partial charge in [-0.1, -0.05) is 176 Å². The van der Waals surface area contributed by atoms with Crippen molar-refractivity contribution >= 4 is 81.3 Å². The van der Waals surface area contributed by atoms with Crippen molar-refractivity contribution in [2.45, 2.75) is 12.3 Å². The van der Waals surface area contributed by atoms with Crippen LogP contribution < -0.4 is 4.90 Å². The Hall–Kier alpha value is -7.72. The van der Waals surface area contributed by atoms with Gasteiger partial charge < -0.3 is 9.32 Å². The van der Waals surface area contributed by atoms with E-state index in [1.807, 2.05) is 11.3 Å². The van der Waals surface area contributed by atoms with Crippen LogP contribution in [0.2, 0.25) is 0 Å². The molecule has 298 valence electrons. The normalized spacial score (nSPS) is 12.1. The summed E-state index contributed by atoms with van der Waals surface area (Å²) in [5.74, 6) is 0.183. The molecule has 0 bridgehead atoms. The number of rotatable bonds is 9. The summed E-state index contributed by atoms with van der Waals surface area (Å²) in [6, 6.07) is 83.7. The summed E-state index contributed by atoms with van der Waals surface area (Å²) in [4.78, 5) is 2.33. The van der Waals surface area contributed by atoms with Crippen LogP contribution >= 0.6 is 11.3 Å². The first-order chi connectivity index (χ1) is 31.2. The SMILES string of the molecule is c1ccc(C(Cc2ccc3cccc(-c4cccc5c4oc4cccc(N(c6ccccc6)c6ccccc6)c45)c3c2)c2ccc(-c3ccc4sc5ccccc5c4c3)cc2)cc1. The summed E-state index contributed by atoms with van der Waals surface area (Å²) in [5, 5.41) is 7.28. The molecular formula is C60H41NOS. The predicted molar refractivity (Wildman–Crippen MR) is 268 cm³/mol. The number of anilines is 3. The molecule has 12 aromatic rings. The number of hydrogen-bond acceptors (Lipinski definition) is 3. The minimum Gasteiger partial charge on any atom is -0.455 e. The highest BCUT2D eigenvalue weighted by molar-refractivity contribution is 7.25. The molecule has 0 aliphatic rings.